The molecule has 32 heavy (non-hydrogen) atoms. The molecule has 2 amide bonds. The number of aryl methyl sites for hydroxylation is 2. The van der Waals surface area contributed by atoms with Crippen LogP contribution in [0.25, 0.3) is 0 Å². The molecule has 0 bridgehead atoms. The first kappa shape index (κ1) is 23.6. The Kier molecular flexibility index (Phi) is 7.38. The van der Waals surface area contributed by atoms with Gasteiger partial charge in [-0.3, -0.25) is 9.59 Å². The Morgan fingerprint density at radius 2 is 1.91 bits per heavy atom. The molecule has 0 unspecified atom stereocenters. The number of esters is 1. The highest BCUT2D eigenvalue weighted by atomic mass is 16.5. The number of H-pyrrole nitrogens is 1. The summed E-state index contributed by atoms with van der Waals surface area (Å²) in [6, 6.07) is 7.96. The van der Waals surface area contributed by atoms with Gasteiger partial charge in [-0.05, 0) is 64.2 Å². The van der Waals surface area contributed by atoms with Crippen molar-refractivity contribution in [2.45, 2.75) is 60.1 Å². The molecule has 1 atom stereocenters. The number of amides is 2. The molecule has 0 spiro atoms. The van der Waals surface area contributed by atoms with Crippen molar-refractivity contribution in [2.75, 3.05) is 13.1 Å². The number of piperidine rings is 1. The third-order valence-corrected chi connectivity index (χ3v) is 5.99. The number of hydrogen-bond donors (Lipinski definition) is 2. The number of aromatic amines is 1. The topological polar surface area (TPSA) is 91.5 Å². The van der Waals surface area contributed by atoms with Gasteiger partial charge in [0.2, 0.25) is 5.91 Å². The fourth-order valence-corrected chi connectivity index (χ4v) is 4.21. The highest BCUT2D eigenvalue weighted by Gasteiger charge is 2.32. The molecule has 1 aromatic heterocycles. The quantitative estimate of drug-likeness (QED) is 0.672. The lowest BCUT2D eigenvalue weighted by Gasteiger charge is -2.32. The highest BCUT2D eigenvalue weighted by molar-refractivity contribution is 6.00. The van der Waals surface area contributed by atoms with Gasteiger partial charge in [-0.2, -0.15) is 0 Å². The van der Waals surface area contributed by atoms with E-state index in [1.165, 1.54) is 0 Å². The maximum Gasteiger partial charge on any atom is 0.340 e. The number of nitrogens with one attached hydrogen (secondary N) is 2. The fourth-order valence-electron chi connectivity index (χ4n) is 4.21. The largest absolute Gasteiger partial charge is 0.459 e. The molecule has 1 aromatic carbocycles. The normalized spacial score (nSPS) is 16.2. The predicted octanol–water partition coefficient (Wildman–Crippen LogP) is 3.67. The van der Waals surface area contributed by atoms with Crippen molar-refractivity contribution in [3.05, 3.63) is 57.9 Å². The van der Waals surface area contributed by atoms with Gasteiger partial charge in [0.15, 0.2) is 0 Å². The first-order chi connectivity index (χ1) is 15.2. The molecule has 7 heteroatoms. The second kappa shape index (κ2) is 10.0. The van der Waals surface area contributed by atoms with Crippen molar-refractivity contribution in [3.8, 4) is 0 Å². The molecule has 1 aliphatic rings. The number of hydrogen-bond acceptors (Lipinski definition) is 4. The van der Waals surface area contributed by atoms with Crippen LogP contribution < -0.4 is 5.32 Å². The SMILES string of the molecule is Cc1ccccc1CNC(=O)[C@@H]1CCCN(C(=O)c2[nH]c(C)c(C(=O)OC(C)C)c2C)C1. The summed E-state index contributed by atoms with van der Waals surface area (Å²) in [7, 11) is 0. The van der Waals surface area contributed by atoms with Crippen molar-refractivity contribution < 1.29 is 19.1 Å². The zero-order valence-corrected chi connectivity index (χ0v) is 19.6. The van der Waals surface area contributed by atoms with E-state index in [0.717, 1.165) is 24.0 Å². The second-order valence-electron chi connectivity index (χ2n) is 8.81. The van der Waals surface area contributed by atoms with Gasteiger partial charge in [-0.25, -0.2) is 4.79 Å². The van der Waals surface area contributed by atoms with Crippen LogP contribution in [0.15, 0.2) is 24.3 Å². The van der Waals surface area contributed by atoms with E-state index < -0.39 is 5.97 Å². The molecule has 172 valence electrons. The molecule has 2 heterocycles. The van der Waals surface area contributed by atoms with Crippen LogP contribution in [0.4, 0.5) is 0 Å². The maximum absolute atomic E-state index is 13.2. The third-order valence-electron chi connectivity index (χ3n) is 5.99. The van der Waals surface area contributed by atoms with Crippen LogP contribution in [0.2, 0.25) is 0 Å². The van der Waals surface area contributed by atoms with Crippen LogP contribution in [-0.4, -0.2) is 46.9 Å². The number of aromatic nitrogens is 1. The van der Waals surface area contributed by atoms with E-state index in [4.69, 9.17) is 4.74 Å². The van der Waals surface area contributed by atoms with Crippen LogP contribution in [0.3, 0.4) is 0 Å². The van der Waals surface area contributed by atoms with Gasteiger partial charge in [-0.1, -0.05) is 24.3 Å². The van der Waals surface area contributed by atoms with Gasteiger partial charge in [-0.15, -0.1) is 0 Å². The molecule has 0 radical (unpaired) electrons. The molecule has 2 N–H and O–H groups in total. The van der Waals surface area contributed by atoms with Gasteiger partial charge in [0.05, 0.1) is 17.6 Å². The molecule has 0 saturated carbocycles. The number of nitrogens with zero attached hydrogens (tertiary/aromatic N) is 1. The minimum atomic E-state index is -0.433. The number of rotatable bonds is 6. The summed E-state index contributed by atoms with van der Waals surface area (Å²) < 4.78 is 5.32. The third kappa shape index (κ3) is 5.21. The van der Waals surface area contributed by atoms with Gasteiger partial charge in [0, 0.05) is 25.3 Å². The number of carbonyl (C=O) groups excluding carboxylic acids is 3. The predicted molar refractivity (Wildman–Crippen MR) is 122 cm³/mol. The minimum absolute atomic E-state index is 0.0358. The van der Waals surface area contributed by atoms with Gasteiger partial charge in [0.25, 0.3) is 5.91 Å². The molecule has 1 saturated heterocycles. The zero-order valence-electron chi connectivity index (χ0n) is 19.6. The average molecular weight is 440 g/mol. The average Bonchev–Trinajstić information content (AvgIpc) is 3.06. The summed E-state index contributed by atoms with van der Waals surface area (Å²) in [5.41, 5.74) is 4.22. The Morgan fingerprint density at radius 1 is 1.19 bits per heavy atom. The molecule has 0 aliphatic carbocycles. The first-order valence-corrected chi connectivity index (χ1v) is 11.2. The Labute approximate surface area is 189 Å². The number of ether oxygens (including phenoxy) is 1. The summed E-state index contributed by atoms with van der Waals surface area (Å²) in [6.45, 7) is 10.5. The van der Waals surface area contributed by atoms with E-state index in [0.29, 0.717) is 42.1 Å². The van der Waals surface area contributed by atoms with Crippen molar-refractivity contribution in [3.63, 3.8) is 0 Å². The van der Waals surface area contributed by atoms with E-state index >= 15 is 0 Å². The monoisotopic (exact) mass is 439 g/mol. The molecule has 1 aliphatic heterocycles. The van der Waals surface area contributed by atoms with Crippen LogP contribution in [0.5, 0.6) is 0 Å². The summed E-state index contributed by atoms with van der Waals surface area (Å²) in [6.07, 6.45) is 1.27. The van der Waals surface area contributed by atoms with Crippen LogP contribution in [0, 0.1) is 26.7 Å². The van der Waals surface area contributed by atoms with Crippen molar-refractivity contribution in [2.24, 2.45) is 5.92 Å². The summed E-state index contributed by atoms with van der Waals surface area (Å²) in [5.74, 6) is -0.909. The standard InChI is InChI=1S/C25H33N3O4/c1-15(2)32-25(31)21-17(4)22(27-18(21)5)24(30)28-12-8-11-20(14-28)23(29)26-13-19-10-7-6-9-16(19)3/h6-7,9-10,15,20,27H,8,11-14H2,1-5H3,(H,26,29)/t20-/m1/s1. The Balaban J connectivity index is 1.67. The van der Waals surface area contributed by atoms with Crippen LogP contribution in [-0.2, 0) is 16.1 Å². The lowest BCUT2D eigenvalue weighted by molar-refractivity contribution is -0.126. The Bertz CT molecular complexity index is 1010. The summed E-state index contributed by atoms with van der Waals surface area (Å²) in [4.78, 5) is 43.2. The van der Waals surface area contributed by atoms with Crippen LogP contribution >= 0.6 is 0 Å². The van der Waals surface area contributed by atoms with E-state index in [2.05, 4.69) is 10.3 Å². The lowest BCUT2D eigenvalue weighted by atomic mass is 9.96. The molecule has 1 fully saturated rings. The maximum atomic E-state index is 13.2. The molecule has 2 aromatic rings. The summed E-state index contributed by atoms with van der Waals surface area (Å²) >= 11 is 0. The number of benzene rings is 1. The van der Waals surface area contributed by atoms with Gasteiger partial charge in [0.1, 0.15) is 5.69 Å². The van der Waals surface area contributed by atoms with Gasteiger partial charge >= 0.3 is 5.97 Å². The lowest BCUT2D eigenvalue weighted by Crippen LogP contribution is -2.45. The van der Waals surface area contributed by atoms with Crippen molar-refractivity contribution in [1.29, 1.82) is 0 Å². The smallest absolute Gasteiger partial charge is 0.340 e. The zero-order chi connectivity index (χ0) is 23.4. The first-order valence-electron chi connectivity index (χ1n) is 11.2. The van der Waals surface area contributed by atoms with Crippen molar-refractivity contribution >= 4 is 17.8 Å². The minimum Gasteiger partial charge on any atom is -0.459 e. The molecule has 7 nitrogen and oxygen atoms in total. The van der Waals surface area contributed by atoms with Crippen LogP contribution in [0.1, 0.15) is 69.9 Å². The van der Waals surface area contributed by atoms with E-state index in [1.807, 2.05) is 31.2 Å². The molecular formula is C25H33N3O4. The Hall–Kier alpha value is -3.09. The second-order valence-corrected chi connectivity index (χ2v) is 8.81. The van der Waals surface area contributed by atoms with E-state index in [9.17, 15) is 14.4 Å². The van der Waals surface area contributed by atoms with Crippen molar-refractivity contribution in [1.82, 2.24) is 15.2 Å². The fraction of sp³-hybridized carbons (Fsp3) is 0.480. The summed E-state index contributed by atoms with van der Waals surface area (Å²) in [5, 5.41) is 3.02. The van der Waals surface area contributed by atoms with Gasteiger partial charge < -0.3 is 19.9 Å². The molecule has 3 rings (SSSR count). The highest BCUT2D eigenvalue weighted by Crippen LogP contribution is 2.24. The Morgan fingerprint density at radius 3 is 2.59 bits per heavy atom. The molecular weight excluding hydrogens is 406 g/mol. The number of carbonyl (C=O) groups is 3. The van der Waals surface area contributed by atoms with E-state index in [-0.39, 0.29) is 23.8 Å². The van der Waals surface area contributed by atoms with E-state index in [1.54, 1.807) is 32.6 Å². The number of likely N-dealkylation sites (tertiary alicyclic amines) is 1.